The van der Waals surface area contributed by atoms with Gasteiger partial charge in [-0.15, -0.1) is 11.3 Å². The van der Waals surface area contributed by atoms with Crippen molar-refractivity contribution in [2.45, 2.75) is 58.7 Å². The quantitative estimate of drug-likeness (QED) is 0.473. The van der Waals surface area contributed by atoms with Crippen molar-refractivity contribution < 1.29 is 4.79 Å². The van der Waals surface area contributed by atoms with E-state index in [-0.39, 0.29) is 36.5 Å². The molecule has 35 heavy (non-hydrogen) atoms. The molecule has 2 aromatic heterocycles. The lowest BCUT2D eigenvalue weighted by atomic mass is 9.98. The maximum atomic E-state index is 13.8. The molecule has 0 saturated heterocycles. The average Bonchev–Trinajstić information content (AvgIpc) is 3.32. The van der Waals surface area contributed by atoms with Crippen molar-refractivity contribution in [3.8, 4) is 0 Å². The summed E-state index contributed by atoms with van der Waals surface area (Å²) in [6, 6.07) is 11.8. The van der Waals surface area contributed by atoms with Crippen LogP contribution in [0.25, 0.3) is 0 Å². The highest BCUT2D eigenvalue weighted by atomic mass is 32.1. The van der Waals surface area contributed by atoms with E-state index >= 15 is 0 Å². The molecule has 0 spiro atoms. The van der Waals surface area contributed by atoms with Gasteiger partial charge in [-0.3, -0.25) is 28.9 Å². The van der Waals surface area contributed by atoms with E-state index in [0.29, 0.717) is 6.54 Å². The Balaban J connectivity index is 1.71. The number of hydrogen-bond donors (Lipinski definition) is 2. The van der Waals surface area contributed by atoms with Gasteiger partial charge in [0, 0.05) is 24.0 Å². The molecular weight excluding hydrogens is 462 g/mol. The van der Waals surface area contributed by atoms with E-state index in [0.717, 1.165) is 37.8 Å². The second-order valence-electron chi connectivity index (χ2n) is 8.91. The van der Waals surface area contributed by atoms with Gasteiger partial charge in [0.15, 0.2) is 5.69 Å². The van der Waals surface area contributed by atoms with Crippen LogP contribution >= 0.6 is 11.3 Å². The number of carbonyl (C=O) groups excluding carboxylic acids is 1. The Bertz CT molecular complexity index is 1280. The summed E-state index contributed by atoms with van der Waals surface area (Å²) in [6.07, 6.45) is 3.39. The van der Waals surface area contributed by atoms with Crippen LogP contribution in [-0.2, 0) is 24.3 Å². The summed E-state index contributed by atoms with van der Waals surface area (Å²) in [5.74, 6) is -0.189. The number of amides is 1. The van der Waals surface area contributed by atoms with E-state index < -0.39 is 11.2 Å². The standard InChI is InChI=1S/C26H33N5O3S/c1-3-5-13-30-24(27)23(25(33)28-26(30)34)31(16-18-9-7-6-8-10-18)22(32)17-29-14-11-21-19(12-15-35-21)20(29)4-2/h6-10,12,15,20H,3-5,11,13-14,16-17,27H2,1-2H3,(H,28,33,34). The van der Waals surface area contributed by atoms with E-state index in [9.17, 15) is 14.4 Å². The summed E-state index contributed by atoms with van der Waals surface area (Å²) in [4.78, 5) is 46.7. The number of nitrogens with one attached hydrogen (secondary N) is 1. The summed E-state index contributed by atoms with van der Waals surface area (Å²) >= 11 is 1.77. The first kappa shape index (κ1) is 24.9. The largest absolute Gasteiger partial charge is 0.383 e. The number of nitrogens with zero attached hydrogens (tertiary/aromatic N) is 3. The SMILES string of the molecule is CCCCn1c(N)c(N(Cc2ccccc2)C(=O)CN2CCc3sccc3C2CC)c(=O)[nH]c1=O. The predicted molar refractivity (Wildman–Crippen MR) is 141 cm³/mol. The summed E-state index contributed by atoms with van der Waals surface area (Å²) in [6.45, 7) is 5.65. The minimum absolute atomic E-state index is 0.0299. The Morgan fingerprint density at radius 1 is 1.20 bits per heavy atom. The zero-order chi connectivity index (χ0) is 24.9. The van der Waals surface area contributed by atoms with Crippen molar-refractivity contribution in [2.24, 2.45) is 0 Å². The fourth-order valence-electron chi connectivity index (χ4n) is 4.81. The summed E-state index contributed by atoms with van der Waals surface area (Å²) in [5.41, 5.74) is 7.39. The van der Waals surface area contributed by atoms with Crippen molar-refractivity contribution >= 4 is 28.7 Å². The first-order chi connectivity index (χ1) is 16.9. The molecule has 1 aliphatic rings. The maximum Gasteiger partial charge on any atom is 0.330 e. The maximum absolute atomic E-state index is 13.8. The molecule has 0 fully saturated rings. The van der Waals surface area contributed by atoms with E-state index in [2.05, 4.69) is 28.3 Å². The molecule has 3 heterocycles. The second kappa shape index (κ2) is 11.0. The summed E-state index contributed by atoms with van der Waals surface area (Å²) < 4.78 is 1.36. The number of hydrogen-bond acceptors (Lipinski definition) is 6. The molecule has 0 saturated carbocycles. The number of carbonyl (C=O) groups is 1. The lowest BCUT2D eigenvalue weighted by Gasteiger charge is -2.36. The van der Waals surface area contributed by atoms with Crippen molar-refractivity contribution in [2.75, 3.05) is 23.7 Å². The minimum atomic E-state index is -0.643. The number of H-pyrrole nitrogens is 1. The zero-order valence-electron chi connectivity index (χ0n) is 20.3. The Hall–Kier alpha value is -3.17. The molecule has 1 aliphatic heterocycles. The summed E-state index contributed by atoms with van der Waals surface area (Å²) in [7, 11) is 0. The van der Waals surface area contributed by atoms with Gasteiger partial charge in [0.05, 0.1) is 13.1 Å². The number of benzene rings is 1. The van der Waals surface area contributed by atoms with E-state index in [1.165, 1.54) is 19.9 Å². The lowest BCUT2D eigenvalue weighted by molar-refractivity contribution is -0.120. The van der Waals surface area contributed by atoms with E-state index in [4.69, 9.17) is 5.73 Å². The van der Waals surface area contributed by atoms with Crippen LogP contribution < -0.4 is 21.9 Å². The van der Waals surface area contributed by atoms with Crippen LogP contribution in [0, 0.1) is 0 Å². The molecule has 1 unspecified atom stereocenters. The van der Waals surface area contributed by atoms with Gasteiger partial charge in [-0.2, -0.15) is 0 Å². The molecule has 186 valence electrons. The highest BCUT2D eigenvalue weighted by molar-refractivity contribution is 7.10. The summed E-state index contributed by atoms with van der Waals surface area (Å²) in [5, 5.41) is 2.11. The van der Waals surface area contributed by atoms with Crippen LogP contribution in [0.4, 0.5) is 11.5 Å². The number of aromatic amines is 1. The molecule has 1 atom stereocenters. The minimum Gasteiger partial charge on any atom is -0.383 e. The Kier molecular flexibility index (Phi) is 7.87. The van der Waals surface area contributed by atoms with Crippen LogP contribution in [0.3, 0.4) is 0 Å². The van der Waals surface area contributed by atoms with Gasteiger partial charge in [-0.1, -0.05) is 50.6 Å². The molecular formula is C26H33N5O3S. The van der Waals surface area contributed by atoms with Gasteiger partial charge < -0.3 is 5.73 Å². The molecule has 1 aromatic carbocycles. The van der Waals surface area contributed by atoms with Crippen LogP contribution in [-0.4, -0.2) is 33.4 Å². The van der Waals surface area contributed by atoms with Crippen molar-refractivity contribution in [3.63, 3.8) is 0 Å². The Labute approximate surface area is 209 Å². The molecule has 0 aliphatic carbocycles. The van der Waals surface area contributed by atoms with Gasteiger partial charge in [0.25, 0.3) is 5.56 Å². The van der Waals surface area contributed by atoms with E-state index in [1.807, 2.05) is 37.3 Å². The third kappa shape index (κ3) is 5.26. The molecule has 0 bridgehead atoms. The first-order valence-electron chi connectivity index (χ1n) is 12.2. The first-order valence-corrected chi connectivity index (χ1v) is 13.1. The van der Waals surface area contributed by atoms with Crippen LogP contribution in [0.5, 0.6) is 0 Å². The van der Waals surface area contributed by atoms with Gasteiger partial charge in [0.2, 0.25) is 5.91 Å². The van der Waals surface area contributed by atoms with Crippen LogP contribution in [0.15, 0.2) is 51.4 Å². The molecule has 3 N–H and O–H groups in total. The fraction of sp³-hybridized carbons (Fsp3) is 0.423. The third-order valence-electron chi connectivity index (χ3n) is 6.63. The van der Waals surface area contributed by atoms with Gasteiger partial charge in [-0.05, 0) is 41.8 Å². The number of nitrogen functional groups attached to an aromatic ring is 1. The molecule has 0 radical (unpaired) electrons. The highest BCUT2D eigenvalue weighted by Gasteiger charge is 2.31. The number of aromatic nitrogens is 2. The van der Waals surface area contributed by atoms with E-state index in [1.54, 1.807) is 11.3 Å². The average molecular weight is 496 g/mol. The Morgan fingerprint density at radius 2 is 1.97 bits per heavy atom. The predicted octanol–water partition coefficient (Wildman–Crippen LogP) is 3.52. The van der Waals surface area contributed by atoms with Crippen molar-refractivity contribution in [1.82, 2.24) is 14.5 Å². The fourth-order valence-corrected chi connectivity index (χ4v) is 5.74. The number of rotatable bonds is 9. The highest BCUT2D eigenvalue weighted by Crippen LogP contribution is 2.35. The number of fused-ring (bicyclic) bond motifs is 1. The van der Waals surface area contributed by atoms with Crippen molar-refractivity contribution in [3.05, 3.63) is 78.6 Å². The van der Waals surface area contributed by atoms with Crippen LogP contribution in [0.1, 0.15) is 55.2 Å². The van der Waals surface area contributed by atoms with Gasteiger partial charge in [-0.25, -0.2) is 4.79 Å². The molecule has 4 rings (SSSR count). The molecule has 8 nitrogen and oxygen atoms in total. The van der Waals surface area contributed by atoms with Gasteiger partial charge >= 0.3 is 5.69 Å². The normalized spacial score (nSPS) is 15.7. The number of anilines is 2. The Morgan fingerprint density at radius 3 is 2.69 bits per heavy atom. The lowest BCUT2D eigenvalue weighted by Crippen LogP contribution is -2.46. The molecule has 3 aromatic rings. The third-order valence-corrected chi connectivity index (χ3v) is 7.63. The molecule has 9 heteroatoms. The number of thiophene rings is 1. The topological polar surface area (TPSA) is 104 Å². The van der Waals surface area contributed by atoms with Crippen molar-refractivity contribution in [1.29, 1.82) is 0 Å². The monoisotopic (exact) mass is 495 g/mol. The van der Waals surface area contributed by atoms with Gasteiger partial charge in [0.1, 0.15) is 5.82 Å². The number of unbranched alkanes of at least 4 members (excludes halogenated alkanes) is 1. The zero-order valence-corrected chi connectivity index (χ0v) is 21.1. The number of nitrogens with two attached hydrogens (primary N) is 1. The molecule has 1 amide bonds. The van der Waals surface area contributed by atoms with Crippen LogP contribution in [0.2, 0.25) is 0 Å². The smallest absolute Gasteiger partial charge is 0.330 e. The second-order valence-corrected chi connectivity index (χ2v) is 9.91.